The molecule has 17 heavy (non-hydrogen) atoms. The third-order valence-electron chi connectivity index (χ3n) is 2.71. The van der Waals surface area contributed by atoms with Gasteiger partial charge in [-0.05, 0) is 43.7 Å². The van der Waals surface area contributed by atoms with Gasteiger partial charge in [0, 0.05) is 24.3 Å². The lowest BCUT2D eigenvalue weighted by atomic mass is 10.1. The lowest BCUT2D eigenvalue weighted by Crippen LogP contribution is -1.98. The molecule has 0 spiro atoms. The van der Waals surface area contributed by atoms with Crippen LogP contribution in [0.3, 0.4) is 0 Å². The molecule has 1 aromatic carbocycles. The van der Waals surface area contributed by atoms with Gasteiger partial charge in [0.15, 0.2) is 0 Å². The zero-order chi connectivity index (χ0) is 12.6. The van der Waals surface area contributed by atoms with Crippen molar-refractivity contribution < 1.29 is 5.11 Å². The van der Waals surface area contributed by atoms with Crippen molar-refractivity contribution in [2.75, 3.05) is 0 Å². The van der Waals surface area contributed by atoms with Gasteiger partial charge in [-0.25, -0.2) is 0 Å². The third kappa shape index (κ3) is 2.81. The van der Waals surface area contributed by atoms with E-state index in [-0.39, 0.29) is 0 Å². The molecule has 1 unspecified atom stereocenters. The minimum atomic E-state index is -0.570. The van der Waals surface area contributed by atoms with E-state index in [1.165, 1.54) is 10.4 Å². The van der Waals surface area contributed by atoms with Crippen LogP contribution in [-0.4, -0.2) is 5.11 Å². The minimum Gasteiger partial charge on any atom is -0.383 e. The normalized spacial score (nSPS) is 12.8. The molecular weight excluding hydrogens is 364 g/mol. The predicted molar refractivity (Wildman–Crippen MR) is 79.7 cm³/mol. The van der Waals surface area contributed by atoms with E-state index in [0.29, 0.717) is 0 Å². The second kappa shape index (κ2) is 5.22. The molecule has 1 atom stereocenters. The predicted octanol–water partition coefficient (Wildman–Crippen LogP) is 4.97. The molecule has 0 fully saturated rings. The lowest BCUT2D eigenvalue weighted by Gasteiger charge is -2.11. The largest absolute Gasteiger partial charge is 0.383 e. The maximum atomic E-state index is 10.4. The average Bonchev–Trinajstić information content (AvgIpc) is 2.62. The van der Waals surface area contributed by atoms with Gasteiger partial charge in [-0.15, -0.1) is 11.3 Å². The Kier molecular flexibility index (Phi) is 4.08. The van der Waals surface area contributed by atoms with Gasteiger partial charge in [-0.3, -0.25) is 0 Å². The first kappa shape index (κ1) is 13.3. The van der Waals surface area contributed by atoms with Crippen molar-refractivity contribution >= 4 is 43.2 Å². The van der Waals surface area contributed by atoms with E-state index >= 15 is 0 Å². The molecule has 1 N–H and O–H groups in total. The van der Waals surface area contributed by atoms with Crippen LogP contribution < -0.4 is 0 Å². The number of hydrogen-bond donors (Lipinski definition) is 1. The fraction of sp³-hybridized carbons (Fsp3) is 0.231. The van der Waals surface area contributed by atoms with Crippen molar-refractivity contribution in [1.29, 1.82) is 0 Å². The van der Waals surface area contributed by atoms with Gasteiger partial charge < -0.3 is 5.11 Å². The van der Waals surface area contributed by atoms with Crippen LogP contribution in [0, 0.1) is 13.8 Å². The Morgan fingerprint density at radius 2 is 1.88 bits per heavy atom. The topological polar surface area (TPSA) is 20.2 Å². The van der Waals surface area contributed by atoms with Crippen LogP contribution >= 0.6 is 43.2 Å². The third-order valence-corrected chi connectivity index (χ3v) is 5.13. The van der Waals surface area contributed by atoms with Crippen molar-refractivity contribution in [3.63, 3.8) is 0 Å². The first-order valence-corrected chi connectivity index (χ1v) is 7.59. The smallest absolute Gasteiger partial charge is 0.114 e. The molecule has 4 heteroatoms. The van der Waals surface area contributed by atoms with E-state index in [2.05, 4.69) is 51.8 Å². The van der Waals surface area contributed by atoms with E-state index in [9.17, 15) is 5.11 Å². The van der Waals surface area contributed by atoms with Crippen LogP contribution in [0.5, 0.6) is 0 Å². The quantitative estimate of drug-likeness (QED) is 0.785. The molecule has 90 valence electrons. The molecular formula is C13H12Br2OS. The zero-order valence-electron chi connectivity index (χ0n) is 9.50. The van der Waals surface area contributed by atoms with E-state index in [1.807, 2.05) is 18.2 Å². The molecule has 1 aromatic heterocycles. The highest BCUT2D eigenvalue weighted by atomic mass is 79.9. The molecule has 1 nitrogen and oxygen atoms in total. The number of aliphatic hydroxyl groups excluding tert-OH is 1. The van der Waals surface area contributed by atoms with Crippen LogP contribution in [0.15, 0.2) is 33.2 Å². The summed E-state index contributed by atoms with van der Waals surface area (Å²) in [7, 11) is 0. The summed E-state index contributed by atoms with van der Waals surface area (Å²) >= 11 is 8.55. The highest BCUT2D eigenvalue weighted by molar-refractivity contribution is 9.11. The second-order valence-electron chi connectivity index (χ2n) is 3.96. The molecule has 1 heterocycles. The SMILES string of the molecule is Cc1cc(C(O)c2cc(Br)ccc2Br)sc1C. The number of aryl methyl sites for hydroxylation is 2. The Morgan fingerprint density at radius 3 is 2.47 bits per heavy atom. The highest BCUT2D eigenvalue weighted by Gasteiger charge is 2.16. The van der Waals surface area contributed by atoms with Gasteiger partial charge >= 0.3 is 0 Å². The van der Waals surface area contributed by atoms with E-state index in [4.69, 9.17) is 0 Å². The number of aliphatic hydroxyl groups is 1. The second-order valence-corrected chi connectivity index (χ2v) is 7.01. The Morgan fingerprint density at radius 1 is 1.18 bits per heavy atom. The molecule has 0 bridgehead atoms. The van der Waals surface area contributed by atoms with Gasteiger partial charge in [0.25, 0.3) is 0 Å². The van der Waals surface area contributed by atoms with Gasteiger partial charge in [0.2, 0.25) is 0 Å². The van der Waals surface area contributed by atoms with Crippen molar-refractivity contribution in [3.8, 4) is 0 Å². The summed E-state index contributed by atoms with van der Waals surface area (Å²) in [6.45, 7) is 4.14. The number of halogens is 2. The molecule has 0 saturated heterocycles. The molecule has 2 aromatic rings. The first-order chi connectivity index (χ1) is 7.99. The maximum absolute atomic E-state index is 10.4. The van der Waals surface area contributed by atoms with Crippen LogP contribution in [0.25, 0.3) is 0 Å². The van der Waals surface area contributed by atoms with Crippen molar-refractivity contribution in [3.05, 3.63) is 54.1 Å². The van der Waals surface area contributed by atoms with E-state index in [1.54, 1.807) is 11.3 Å². The van der Waals surface area contributed by atoms with E-state index in [0.717, 1.165) is 19.4 Å². The number of rotatable bonds is 2. The summed E-state index contributed by atoms with van der Waals surface area (Å²) in [6.07, 6.45) is -0.570. The molecule has 2 rings (SSSR count). The van der Waals surface area contributed by atoms with Gasteiger partial charge in [-0.1, -0.05) is 31.9 Å². The van der Waals surface area contributed by atoms with Crippen LogP contribution in [0.2, 0.25) is 0 Å². The first-order valence-electron chi connectivity index (χ1n) is 5.19. The summed E-state index contributed by atoms with van der Waals surface area (Å²) in [5.74, 6) is 0. The summed E-state index contributed by atoms with van der Waals surface area (Å²) in [4.78, 5) is 2.24. The minimum absolute atomic E-state index is 0.570. The van der Waals surface area contributed by atoms with Crippen LogP contribution in [-0.2, 0) is 0 Å². The van der Waals surface area contributed by atoms with Gasteiger partial charge in [0.1, 0.15) is 6.10 Å². The summed E-state index contributed by atoms with van der Waals surface area (Å²) in [6, 6.07) is 7.89. The monoisotopic (exact) mass is 374 g/mol. The Labute approximate surface area is 122 Å². The van der Waals surface area contributed by atoms with Crippen molar-refractivity contribution in [2.45, 2.75) is 20.0 Å². The molecule has 0 aliphatic carbocycles. The van der Waals surface area contributed by atoms with Gasteiger partial charge in [0.05, 0.1) is 0 Å². The summed E-state index contributed by atoms with van der Waals surface area (Å²) in [5, 5.41) is 10.4. The Balaban J connectivity index is 2.42. The fourth-order valence-electron chi connectivity index (χ4n) is 1.61. The summed E-state index contributed by atoms with van der Waals surface area (Å²) in [5.41, 5.74) is 2.12. The number of hydrogen-bond acceptors (Lipinski definition) is 2. The molecule has 0 aliphatic rings. The molecule has 0 aliphatic heterocycles. The van der Waals surface area contributed by atoms with Crippen molar-refractivity contribution in [2.24, 2.45) is 0 Å². The maximum Gasteiger partial charge on any atom is 0.114 e. The lowest BCUT2D eigenvalue weighted by molar-refractivity contribution is 0.223. The van der Waals surface area contributed by atoms with E-state index < -0.39 is 6.10 Å². The fourth-order valence-corrected chi connectivity index (χ4v) is 3.50. The Bertz CT molecular complexity index is 529. The molecule has 0 amide bonds. The molecule has 0 radical (unpaired) electrons. The van der Waals surface area contributed by atoms with Crippen LogP contribution in [0.4, 0.5) is 0 Å². The van der Waals surface area contributed by atoms with Gasteiger partial charge in [-0.2, -0.15) is 0 Å². The van der Waals surface area contributed by atoms with Crippen LogP contribution in [0.1, 0.15) is 27.0 Å². The highest BCUT2D eigenvalue weighted by Crippen LogP contribution is 2.35. The number of thiophene rings is 1. The number of benzene rings is 1. The average molecular weight is 376 g/mol. The van der Waals surface area contributed by atoms with Crippen molar-refractivity contribution in [1.82, 2.24) is 0 Å². The standard InChI is InChI=1S/C13H12Br2OS/c1-7-5-12(17-8(7)2)13(16)10-6-9(14)3-4-11(10)15/h3-6,13,16H,1-2H3. The molecule has 0 saturated carbocycles. The Hall–Kier alpha value is -0.160. The zero-order valence-corrected chi connectivity index (χ0v) is 13.5. The summed E-state index contributed by atoms with van der Waals surface area (Å²) < 4.78 is 1.90.